The van der Waals surface area contributed by atoms with E-state index in [2.05, 4.69) is 10.3 Å². The molecular weight excluding hydrogens is 337 g/mol. The van der Waals surface area contributed by atoms with Crippen molar-refractivity contribution in [3.05, 3.63) is 87.7 Å². The lowest BCUT2D eigenvalue weighted by atomic mass is 10.0. The number of aryl methyl sites for hydroxylation is 1. The average Bonchev–Trinajstić information content (AvgIpc) is 3.05. The van der Waals surface area contributed by atoms with Crippen LogP contribution in [0.25, 0.3) is 0 Å². The Morgan fingerprint density at radius 2 is 2.15 bits per heavy atom. The summed E-state index contributed by atoms with van der Waals surface area (Å²) in [5, 5.41) is 23.4. The van der Waals surface area contributed by atoms with Gasteiger partial charge in [-0.05, 0) is 29.8 Å². The third kappa shape index (κ3) is 3.37. The van der Waals surface area contributed by atoms with E-state index in [4.69, 9.17) is 5.26 Å². The van der Waals surface area contributed by atoms with Crippen molar-refractivity contribution >= 4 is 11.4 Å². The Morgan fingerprint density at radius 3 is 2.77 bits per heavy atom. The molecule has 1 heterocycles. The molecule has 0 saturated carbocycles. The second-order valence-corrected chi connectivity index (χ2v) is 5.63. The van der Waals surface area contributed by atoms with Gasteiger partial charge < -0.3 is 9.88 Å². The third-order valence-corrected chi connectivity index (χ3v) is 3.92. The van der Waals surface area contributed by atoms with Crippen LogP contribution in [-0.2, 0) is 7.05 Å². The number of rotatable bonds is 5. The molecule has 7 nitrogen and oxygen atoms in total. The van der Waals surface area contributed by atoms with Crippen molar-refractivity contribution in [1.82, 2.24) is 9.55 Å². The lowest BCUT2D eigenvalue weighted by Gasteiger charge is -2.20. The fraction of sp³-hybridized carbons (Fsp3) is 0.111. The van der Waals surface area contributed by atoms with Crippen molar-refractivity contribution in [1.29, 1.82) is 5.26 Å². The van der Waals surface area contributed by atoms with Crippen LogP contribution in [0.2, 0.25) is 0 Å². The maximum Gasteiger partial charge on any atom is 0.293 e. The number of halogens is 1. The second-order valence-electron chi connectivity index (χ2n) is 5.63. The molecule has 3 aromatic rings. The summed E-state index contributed by atoms with van der Waals surface area (Å²) >= 11 is 0. The fourth-order valence-corrected chi connectivity index (χ4v) is 2.67. The molecule has 0 amide bonds. The number of imidazole rings is 1. The Kier molecular flexibility index (Phi) is 4.62. The summed E-state index contributed by atoms with van der Waals surface area (Å²) in [6.07, 6.45) is 3.33. The normalized spacial score (nSPS) is 11.6. The van der Waals surface area contributed by atoms with E-state index in [1.807, 2.05) is 6.07 Å². The Balaban J connectivity index is 2.09. The summed E-state index contributed by atoms with van der Waals surface area (Å²) in [5.74, 6) is 0.145. The van der Waals surface area contributed by atoms with E-state index in [1.165, 1.54) is 30.3 Å². The molecule has 1 N–H and O–H groups in total. The lowest BCUT2D eigenvalue weighted by Crippen LogP contribution is -2.17. The molecule has 130 valence electrons. The summed E-state index contributed by atoms with van der Waals surface area (Å²) in [6.45, 7) is 0. The highest BCUT2D eigenvalue weighted by atomic mass is 19.1. The topological polar surface area (TPSA) is 96.8 Å². The van der Waals surface area contributed by atoms with E-state index in [-0.39, 0.29) is 16.9 Å². The maximum atomic E-state index is 13.7. The summed E-state index contributed by atoms with van der Waals surface area (Å²) in [4.78, 5) is 15.1. The molecule has 26 heavy (non-hydrogen) atoms. The lowest BCUT2D eigenvalue weighted by molar-refractivity contribution is -0.384. The highest BCUT2D eigenvalue weighted by Gasteiger charge is 2.23. The first-order valence-electron chi connectivity index (χ1n) is 7.67. The van der Waals surface area contributed by atoms with Gasteiger partial charge in [-0.3, -0.25) is 10.1 Å². The van der Waals surface area contributed by atoms with Gasteiger partial charge in [-0.15, -0.1) is 0 Å². The predicted molar refractivity (Wildman–Crippen MR) is 92.9 cm³/mol. The molecule has 3 rings (SSSR count). The van der Waals surface area contributed by atoms with Gasteiger partial charge in [-0.1, -0.05) is 12.1 Å². The number of nitro benzene ring substituents is 1. The highest BCUT2D eigenvalue weighted by Crippen LogP contribution is 2.32. The van der Waals surface area contributed by atoms with Crippen molar-refractivity contribution in [3.8, 4) is 6.07 Å². The molecule has 0 saturated heterocycles. The molecule has 0 spiro atoms. The largest absolute Gasteiger partial charge is 0.366 e. The molecule has 0 bridgehead atoms. The number of hydrogen-bond acceptors (Lipinski definition) is 5. The molecular formula is C18H14FN5O2. The highest BCUT2D eigenvalue weighted by molar-refractivity contribution is 5.65. The van der Waals surface area contributed by atoms with Crippen molar-refractivity contribution < 1.29 is 9.31 Å². The zero-order valence-electron chi connectivity index (χ0n) is 13.8. The molecule has 2 aromatic carbocycles. The quantitative estimate of drug-likeness (QED) is 0.560. The molecule has 0 aliphatic carbocycles. The zero-order valence-corrected chi connectivity index (χ0v) is 13.8. The Hall–Kier alpha value is -3.73. The van der Waals surface area contributed by atoms with Crippen LogP contribution in [-0.4, -0.2) is 14.5 Å². The summed E-state index contributed by atoms with van der Waals surface area (Å²) in [6, 6.07) is 11.4. The molecule has 1 atom stereocenters. The minimum atomic E-state index is -0.614. The van der Waals surface area contributed by atoms with E-state index >= 15 is 0 Å². The number of aromatic nitrogens is 2. The molecule has 0 radical (unpaired) electrons. The minimum absolute atomic E-state index is 0.182. The van der Waals surface area contributed by atoms with Gasteiger partial charge in [0.25, 0.3) is 5.69 Å². The fourth-order valence-electron chi connectivity index (χ4n) is 2.67. The Labute approximate surface area is 148 Å². The van der Waals surface area contributed by atoms with E-state index in [9.17, 15) is 14.5 Å². The number of nitro groups is 1. The molecule has 1 unspecified atom stereocenters. The number of benzene rings is 2. The second kappa shape index (κ2) is 7.03. The van der Waals surface area contributed by atoms with Crippen LogP contribution >= 0.6 is 0 Å². The van der Waals surface area contributed by atoms with Gasteiger partial charge in [-0.25, -0.2) is 9.37 Å². The van der Waals surface area contributed by atoms with Crippen LogP contribution in [0.15, 0.2) is 54.9 Å². The monoisotopic (exact) mass is 351 g/mol. The molecule has 0 aliphatic rings. The van der Waals surface area contributed by atoms with Gasteiger partial charge in [0.1, 0.15) is 23.4 Å². The maximum absolute atomic E-state index is 13.7. The van der Waals surface area contributed by atoms with Gasteiger partial charge in [0.2, 0.25) is 0 Å². The Bertz CT molecular complexity index is 1010. The van der Waals surface area contributed by atoms with Gasteiger partial charge in [0.05, 0.1) is 16.6 Å². The number of anilines is 1. The first-order chi connectivity index (χ1) is 12.5. The van der Waals surface area contributed by atoms with Crippen molar-refractivity contribution in [2.75, 3.05) is 5.32 Å². The van der Waals surface area contributed by atoms with Crippen LogP contribution in [0, 0.1) is 27.3 Å². The third-order valence-electron chi connectivity index (χ3n) is 3.92. The number of nitriles is 1. The van der Waals surface area contributed by atoms with E-state index < -0.39 is 16.8 Å². The van der Waals surface area contributed by atoms with E-state index in [0.29, 0.717) is 11.4 Å². The van der Waals surface area contributed by atoms with Crippen LogP contribution in [0.5, 0.6) is 0 Å². The van der Waals surface area contributed by atoms with Crippen molar-refractivity contribution in [2.24, 2.45) is 7.05 Å². The van der Waals surface area contributed by atoms with Crippen molar-refractivity contribution in [2.45, 2.75) is 6.04 Å². The van der Waals surface area contributed by atoms with Gasteiger partial charge >= 0.3 is 0 Å². The SMILES string of the molecule is Cn1ccnc1C(Nc1ccc(C#N)cc1[N+](=O)[O-])c1cccc(F)c1. The molecule has 8 heteroatoms. The Morgan fingerprint density at radius 1 is 1.35 bits per heavy atom. The summed E-state index contributed by atoms with van der Waals surface area (Å²) in [5.41, 5.74) is 0.727. The molecule has 0 aliphatic heterocycles. The molecule has 0 fully saturated rings. The first kappa shape index (κ1) is 17.1. The number of hydrogen-bond donors (Lipinski definition) is 1. The van der Waals surface area contributed by atoms with E-state index in [1.54, 1.807) is 36.1 Å². The van der Waals surface area contributed by atoms with Gasteiger partial charge in [-0.2, -0.15) is 5.26 Å². The zero-order chi connectivity index (χ0) is 18.7. The van der Waals surface area contributed by atoms with Crippen LogP contribution in [0.1, 0.15) is 23.0 Å². The van der Waals surface area contributed by atoms with Crippen molar-refractivity contribution in [3.63, 3.8) is 0 Å². The number of nitrogens with zero attached hydrogens (tertiary/aromatic N) is 4. The molecule has 1 aromatic heterocycles. The number of nitrogens with one attached hydrogen (secondary N) is 1. The average molecular weight is 351 g/mol. The van der Waals surface area contributed by atoms with Gasteiger partial charge in [0.15, 0.2) is 0 Å². The first-order valence-corrected chi connectivity index (χ1v) is 7.67. The van der Waals surface area contributed by atoms with Gasteiger partial charge in [0, 0.05) is 25.5 Å². The minimum Gasteiger partial charge on any atom is -0.366 e. The predicted octanol–water partition coefficient (Wildman–Crippen LogP) is 3.54. The summed E-state index contributed by atoms with van der Waals surface area (Å²) < 4.78 is 15.5. The van der Waals surface area contributed by atoms with E-state index in [0.717, 1.165) is 0 Å². The smallest absolute Gasteiger partial charge is 0.293 e. The van der Waals surface area contributed by atoms with Crippen LogP contribution in [0.3, 0.4) is 0 Å². The van der Waals surface area contributed by atoms with Crippen LogP contribution < -0.4 is 5.32 Å². The summed E-state index contributed by atoms with van der Waals surface area (Å²) in [7, 11) is 1.78. The standard InChI is InChI=1S/C18H14FN5O2/c1-23-8-7-21-18(23)17(13-3-2-4-14(19)10-13)22-15-6-5-12(11-20)9-16(15)24(25)26/h2-10,17,22H,1H3. The van der Waals surface area contributed by atoms with Crippen LogP contribution in [0.4, 0.5) is 15.8 Å².